The molecule has 2 saturated heterocycles. The molecule has 0 radical (unpaired) electrons. The molecule has 1 N–H and O–H groups in total. The molecule has 5 unspecified atom stereocenters. The third kappa shape index (κ3) is 3.71. The maximum Gasteiger partial charge on any atom is 0.328 e. The zero-order valence-corrected chi connectivity index (χ0v) is 18.7. The van der Waals surface area contributed by atoms with Crippen LogP contribution in [0.3, 0.4) is 0 Å². The Balaban J connectivity index is 1.43. The van der Waals surface area contributed by atoms with Gasteiger partial charge in [-0.3, -0.25) is 19.8 Å². The van der Waals surface area contributed by atoms with Crippen LogP contribution in [0.15, 0.2) is 36.4 Å². The Hall–Kier alpha value is -3.16. The van der Waals surface area contributed by atoms with Crippen LogP contribution < -0.4 is 10.4 Å². The molecule has 2 heterocycles. The van der Waals surface area contributed by atoms with E-state index in [1.165, 1.54) is 12.1 Å². The van der Waals surface area contributed by atoms with Gasteiger partial charge >= 0.3 is 5.97 Å². The minimum atomic E-state index is -0.592. The SMILES string of the molecule is COC(=O)C1CC2CCCCC2N1C(=O)c1cccc(N2NC(=O)C3CC=CCC3C2=O)c1. The number of hydrazine groups is 1. The second-order valence-corrected chi connectivity index (χ2v) is 9.45. The van der Waals surface area contributed by atoms with Gasteiger partial charge in [-0.25, -0.2) is 9.80 Å². The minimum absolute atomic E-state index is 0.0186. The number of benzene rings is 1. The molecule has 1 aromatic rings. The first-order valence-electron chi connectivity index (χ1n) is 11.8. The molecule has 8 nitrogen and oxygen atoms in total. The van der Waals surface area contributed by atoms with Crippen LogP contribution >= 0.6 is 0 Å². The van der Waals surface area contributed by atoms with Gasteiger partial charge in [0.05, 0.1) is 24.6 Å². The summed E-state index contributed by atoms with van der Waals surface area (Å²) in [7, 11) is 1.35. The zero-order valence-electron chi connectivity index (χ0n) is 18.7. The Labute approximate surface area is 192 Å². The fraction of sp³-hybridized carbons (Fsp3) is 0.520. The van der Waals surface area contributed by atoms with E-state index in [4.69, 9.17) is 4.74 Å². The van der Waals surface area contributed by atoms with Crippen LogP contribution in [0.2, 0.25) is 0 Å². The number of hydrogen-bond acceptors (Lipinski definition) is 5. The second-order valence-electron chi connectivity index (χ2n) is 9.45. The van der Waals surface area contributed by atoms with E-state index in [0.29, 0.717) is 36.4 Å². The summed E-state index contributed by atoms with van der Waals surface area (Å²) in [5.74, 6) is -1.43. The van der Waals surface area contributed by atoms with Gasteiger partial charge in [0.25, 0.3) is 5.91 Å². The number of methoxy groups -OCH3 is 1. The summed E-state index contributed by atoms with van der Waals surface area (Å²) in [6.07, 6.45) is 9.62. The van der Waals surface area contributed by atoms with Gasteiger partial charge in [-0.15, -0.1) is 0 Å². The monoisotopic (exact) mass is 451 g/mol. The summed E-state index contributed by atoms with van der Waals surface area (Å²) < 4.78 is 5.01. The number of hydrogen-bond donors (Lipinski definition) is 1. The van der Waals surface area contributed by atoms with Crippen molar-refractivity contribution in [2.75, 3.05) is 12.1 Å². The number of nitrogens with zero attached hydrogens (tertiary/aromatic N) is 2. The number of nitrogens with one attached hydrogen (secondary N) is 1. The average Bonchev–Trinajstić information content (AvgIpc) is 3.25. The molecule has 0 spiro atoms. The van der Waals surface area contributed by atoms with Crippen LogP contribution in [-0.2, 0) is 19.1 Å². The van der Waals surface area contributed by atoms with Crippen molar-refractivity contribution in [2.45, 2.75) is 57.0 Å². The first-order chi connectivity index (χ1) is 16.0. The van der Waals surface area contributed by atoms with Crippen LogP contribution in [0, 0.1) is 17.8 Å². The number of likely N-dealkylation sites (tertiary alicyclic amines) is 1. The maximum absolute atomic E-state index is 13.7. The molecule has 3 amide bonds. The highest BCUT2D eigenvalue weighted by Gasteiger charge is 2.48. The number of allylic oxidation sites excluding steroid dienone is 2. The largest absolute Gasteiger partial charge is 0.467 e. The molecule has 1 saturated carbocycles. The number of ether oxygens (including phenoxy) is 1. The van der Waals surface area contributed by atoms with Gasteiger partial charge in [0.15, 0.2) is 0 Å². The highest BCUT2D eigenvalue weighted by molar-refractivity contribution is 6.05. The highest BCUT2D eigenvalue weighted by Crippen LogP contribution is 2.41. The first kappa shape index (κ1) is 21.7. The van der Waals surface area contributed by atoms with Crippen LogP contribution in [0.25, 0.3) is 0 Å². The lowest BCUT2D eigenvalue weighted by atomic mass is 9.80. The van der Waals surface area contributed by atoms with E-state index < -0.39 is 12.0 Å². The van der Waals surface area contributed by atoms with E-state index in [9.17, 15) is 19.2 Å². The summed E-state index contributed by atoms with van der Waals surface area (Å²) in [5.41, 5.74) is 3.55. The molecular formula is C25H29N3O5. The Morgan fingerprint density at radius 1 is 1.06 bits per heavy atom. The molecule has 3 fully saturated rings. The highest BCUT2D eigenvalue weighted by atomic mass is 16.5. The third-order valence-corrected chi connectivity index (χ3v) is 7.68. The molecule has 8 heteroatoms. The lowest BCUT2D eigenvalue weighted by molar-refractivity contribution is -0.145. The molecule has 2 aliphatic heterocycles. The van der Waals surface area contributed by atoms with Crippen molar-refractivity contribution in [1.82, 2.24) is 10.3 Å². The van der Waals surface area contributed by atoms with Crippen molar-refractivity contribution in [3.05, 3.63) is 42.0 Å². The van der Waals surface area contributed by atoms with E-state index in [0.717, 1.165) is 25.7 Å². The lowest BCUT2D eigenvalue weighted by Gasteiger charge is -2.38. The van der Waals surface area contributed by atoms with Crippen LogP contribution in [-0.4, -0.2) is 47.8 Å². The van der Waals surface area contributed by atoms with Crippen molar-refractivity contribution in [2.24, 2.45) is 17.8 Å². The number of fused-ring (bicyclic) bond motifs is 2. The van der Waals surface area contributed by atoms with Crippen LogP contribution in [0.5, 0.6) is 0 Å². The first-order valence-corrected chi connectivity index (χ1v) is 11.8. The Kier molecular flexibility index (Phi) is 5.68. The zero-order chi connectivity index (χ0) is 23.1. The van der Waals surface area contributed by atoms with Gasteiger partial charge in [0, 0.05) is 11.6 Å². The standard InChI is InChI=1S/C25H29N3O5/c1-33-25(32)21-14-15-7-2-5-12-20(15)27(21)23(30)16-8-6-9-17(13-16)28-24(31)19-11-4-3-10-18(19)22(29)26-28/h3-4,6,8-9,13,15,18-21H,2,5,7,10-12,14H2,1H3,(H,26,29). The summed E-state index contributed by atoms with van der Waals surface area (Å²) in [4.78, 5) is 53.6. The fourth-order valence-corrected chi connectivity index (χ4v) is 6.01. The molecule has 5 atom stereocenters. The van der Waals surface area contributed by atoms with Gasteiger partial charge in [-0.05, 0) is 56.2 Å². The molecule has 174 valence electrons. The molecule has 1 aromatic carbocycles. The van der Waals surface area contributed by atoms with E-state index in [1.54, 1.807) is 29.2 Å². The molecule has 2 aliphatic carbocycles. The summed E-state index contributed by atoms with van der Waals surface area (Å²) in [6.45, 7) is 0. The number of anilines is 1. The Bertz CT molecular complexity index is 1020. The Morgan fingerprint density at radius 2 is 1.82 bits per heavy atom. The number of carbonyl (C=O) groups is 4. The predicted molar refractivity (Wildman–Crippen MR) is 120 cm³/mol. The van der Waals surface area contributed by atoms with Gasteiger partial charge in [-0.1, -0.05) is 31.1 Å². The van der Waals surface area contributed by atoms with Gasteiger partial charge in [0.1, 0.15) is 6.04 Å². The van der Waals surface area contributed by atoms with Crippen molar-refractivity contribution < 1.29 is 23.9 Å². The van der Waals surface area contributed by atoms with Crippen molar-refractivity contribution in [1.29, 1.82) is 0 Å². The van der Waals surface area contributed by atoms with E-state index in [-0.39, 0.29) is 35.7 Å². The normalized spacial score (nSPS) is 31.0. The van der Waals surface area contributed by atoms with Crippen LogP contribution in [0.4, 0.5) is 5.69 Å². The van der Waals surface area contributed by atoms with Crippen molar-refractivity contribution >= 4 is 29.4 Å². The predicted octanol–water partition coefficient (Wildman–Crippen LogP) is 2.59. The molecule has 5 rings (SSSR count). The van der Waals surface area contributed by atoms with Gasteiger partial charge in [-0.2, -0.15) is 0 Å². The molecule has 0 aromatic heterocycles. The Morgan fingerprint density at radius 3 is 2.61 bits per heavy atom. The smallest absolute Gasteiger partial charge is 0.328 e. The summed E-state index contributed by atoms with van der Waals surface area (Å²) in [5, 5.41) is 1.27. The van der Waals surface area contributed by atoms with Gasteiger partial charge in [0.2, 0.25) is 11.8 Å². The quantitative estimate of drug-likeness (QED) is 0.563. The fourth-order valence-electron chi connectivity index (χ4n) is 6.01. The summed E-state index contributed by atoms with van der Waals surface area (Å²) >= 11 is 0. The molecule has 33 heavy (non-hydrogen) atoms. The van der Waals surface area contributed by atoms with E-state index in [1.807, 2.05) is 12.2 Å². The number of carbonyl (C=O) groups excluding carboxylic acids is 4. The van der Waals surface area contributed by atoms with E-state index >= 15 is 0 Å². The molecule has 4 aliphatic rings. The van der Waals surface area contributed by atoms with Crippen molar-refractivity contribution in [3.63, 3.8) is 0 Å². The minimum Gasteiger partial charge on any atom is -0.467 e. The van der Waals surface area contributed by atoms with E-state index in [2.05, 4.69) is 5.43 Å². The van der Waals surface area contributed by atoms with Gasteiger partial charge < -0.3 is 9.64 Å². The molecular weight excluding hydrogens is 422 g/mol. The second kappa shape index (κ2) is 8.65. The third-order valence-electron chi connectivity index (χ3n) is 7.68. The van der Waals surface area contributed by atoms with Crippen LogP contribution in [0.1, 0.15) is 55.3 Å². The average molecular weight is 452 g/mol. The number of rotatable bonds is 3. The number of amides is 3. The van der Waals surface area contributed by atoms with Crippen molar-refractivity contribution in [3.8, 4) is 0 Å². The summed E-state index contributed by atoms with van der Waals surface area (Å²) in [6, 6.07) is 6.16. The maximum atomic E-state index is 13.7. The topological polar surface area (TPSA) is 96.0 Å². The number of esters is 1. The lowest BCUT2D eigenvalue weighted by Crippen LogP contribution is -2.59. The molecule has 0 bridgehead atoms.